The molecule has 0 saturated carbocycles. The third-order valence-electron chi connectivity index (χ3n) is 5.71. The van der Waals surface area contributed by atoms with Gasteiger partial charge in [-0.2, -0.15) is 4.80 Å². The molecule has 148 valence electrons. The van der Waals surface area contributed by atoms with Crippen molar-refractivity contribution in [2.45, 2.75) is 31.2 Å². The van der Waals surface area contributed by atoms with Crippen LogP contribution in [0.3, 0.4) is 0 Å². The number of aromatic nitrogens is 4. The van der Waals surface area contributed by atoms with Crippen molar-refractivity contribution in [1.82, 2.24) is 30.0 Å². The molecule has 1 aromatic heterocycles. The Morgan fingerprint density at radius 2 is 1.89 bits per heavy atom. The van der Waals surface area contributed by atoms with E-state index in [9.17, 15) is 14.7 Å². The summed E-state index contributed by atoms with van der Waals surface area (Å²) in [6.45, 7) is 1.48. The topological polar surface area (TPSA) is 104 Å². The van der Waals surface area contributed by atoms with Gasteiger partial charge in [-0.15, -0.1) is 10.2 Å². The summed E-state index contributed by atoms with van der Waals surface area (Å²) >= 11 is 0. The van der Waals surface area contributed by atoms with Gasteiger partial charge in [-0.1, -0.05) is 12.1 Å². The number of aryl methyl sites for hydroxylation is 1. The second-order valence-corrected chi connectivity index (χ2v) is 7.39. The van der Waals surface area contributed by atoms with Gasteiger partial charge in [0.1, 0.15) is 5.54 Å². The number of piperidine rings is 1. The molecule has 4 rings (SSSR count). The number of carbonyl (C=O) groups is 2. The Morgan fingerprint density at radius 1 is 1.18 bits per heavy atom. The fourth-order valence-corrected chi connectivity index (χ4v) is 4.37. The molecule has 2 fully saturated rings. The lowest BCUT2D eigenvalue weighted by molar-refractivity contribution is -0.146. The van der Waals surface area contributed by atoms with Crippen molar-refractivity contribution in [2.24, 2.45) is 7.05 Å². The van der Waals surface area contributed by atoms with E-state index in [1.165, 1.54) is 4.80 Å². The molecule has 2 aliphatic rings. The maximum atomic E-state index is 13.2. The van der Waals surface area contributed by atoms with Crippen LogP contribution in [0.4, 0.5) is 0 Å². The predicted molar refractivity (Wildman–Crippen MR) is 100 cm³/mol. The lowest BCUT2D eigenvalue weighted by Gasteiger charge is -2.44. The van der Waals surface area contributed by atoms with Gasteiger partial charge < -0.3 is 14.9 Å². The Bertz CT molecular complexity index is 878. The average Bonchev–Trinajstić information content (AvgIpc) is 3.32. The second kappa shape index (κ2) is 7.31. The molecule has 1 atom stereocenters. The van der Waals surface area contributed by atoms with Gasteiger partial charge in [-0.05, 0) is 43.0 Å². The SMILES string of the molecule is Cn1nnc(-c2ccc(C(=O)N3CCCC34CCCN(CCO)C4=O)cc2)n1. The Labute approximate surface area is 162 Å². The predicted octanol–water partition coefficient (Wildman–Crippen LogP) is 0.467. The van der Waals surface area contributed by atoms with E-state index in [2.05, 4.69) is 15.4 Å². The van der Waals surface area contributed by atoms with Gasteiger partial charge >= 0.3 is 0 Å². The first-order valence-corrected chi connectivity index (χ1v) is 9.62. The number of aliphatic hydroxyl groups is 1. The molecular weight excluding hydrogens is 360 g/mol. The molecule has 2 aromatic rings. The van der Waals surface area contributed by atoms with E-state index in [0.29, 0.717) is 43.9 Å². The number of benzene rings is 1. The zero-order valence-electron chi connectivity index (χ0n) is 15.9. The Morgan fingerprint density at radius 3 is 2.54 bits per heavy atom. The largest absolute Gasteiger partial charge is 0.395 e. The van der Waals surface area contributed by atoms with E-state index in [4.69, 9.17) is 0 Å². The normalized spacial score (nSPS) is 22.3. The summed E-state index contributed by atoms with van der Waals surface area (Å²) in [6, 6.07) is 7.10. The molecule has 2 aliphatic heterocycles. The molecule has 0 aliphatic carbocycles. The first-order valence-electron chi connectivity index (χ1n) is 9.62. The van der Waals surface area contributed by atoms with Crippen LogP contribution in [0.25, 0.3) is 11.4 Å². The molecule has 1 aromatic carbocycles. The molecule has 9 heteroatoms. The van der Waals surface area contributed by atoms with Crippen LogP contribution in [-0.4, -0.2) is 78.7 Å². The lowest BCUT2D eigenvalue weighted by atomic mass is 9.85. The first-order chi connectivity index (χ1) is 13.5. The van der Waals surface area contributed by atoms with E-state index in [0.717, 1.165) is 18.4 Å². The number of nitrogens with zero attached hydrogens (tertiary/aromatic N) is 6. The number of hydrogen-bond acceptors (Lipinski definition) is 6. The zero-order valence-corrected chi connectivity index (χ0v) is 15.9. The highest BCUT2D eigenvalue weighted by Crippen LogP contribution is 2.39. The fraction of sp³-hybridized carbons (Fsp3) is 0.526. The van der Waals surface area contributed by atoms with Crippen LogP contribution in [0.1, 0.15) is 36.0 Å². The Balaban J connectivity index is 1.57. The molecule has 2 saturated heterocycles. The van der Waals surface area contributed by atoms with Crippen LogP contribution < -0.4 is 0 Å². The molecule has 1 spiro atoms. The minimum Gasteiger partial charge on any atom is -0.395 e. The maximum Gasteiger partial charge on any atom is 0.254 e. The molecule has 28 heavy (non-hydrogen) atoms. The van der Waals surface area contributed by atoms with Crippen molar-refractivity contribution in [3.8, 4) is 11.4 Å². The number of hydrogen-bond donors (Lipinski definition) is 1. The maximum absolute atomic E-state index is 13.2. The standard InChI is InChI=1S/C19H24N6O3/c1-23-21-16(20-22-23)14-4-6-15(7-5-14)17(27)25-11-3-9-19(25)8-2-10-24(12-13-26)18(19)28/h4-7,26H,2-3,8-13H2,1H3. The highest BCUT2D eigenvalue weighted by atomic mass is 16.3. The number of tetrazole rings is 1. The van der Waals surface area contributed by atoms with E-state index in [-0.39, 0.29) is 18.4 Å². The van der Waals surface area contributed by atoms with E-state index < -0.39 is 5.54 Å². The third kappa shape index (κ3) is 3.05. The summed E-state index contributed by atoms with van der Waals surface area (Å²) in [5.41, 5.74) is 0.556. The third-order valence-corrected chi connectivity index (χ3v) is 5.71. The van der Waals surface area contributed by atoms with E-state index in [1.54, 1.807) is 41.1 Å². The highest BCUT2D eigenvalue weighted by Gasteiger charge is 2.52. The number of carbonyl (C=O) groups excluding carboxylic acids is 2. The molecule has 1 unspecified atom stereocenters. The van der Waals surface area contributed by atoms with Crippen LogP contribution in [0.2, 0.25) is 0 Å². The summed E-state index contributed by atoms with van der Waals surface area (Å²) in [5.74, 6) is 0.343. The van der Waals surface area contributed by atoms with Gasteiger partial charge in [0.25, 0.3) is 5.91 Å². The zero-order chi connectivity index (χ0) is 19.7. The fourth-order valence-electron chi connectivity index (χ4n) is 4.37. The van der Waals surface area contributed by atoms with Gasteiger partial charge in [-0.25, -0.2) is 0 Å². The molecule has 0 radical (unpaired) electrons. The van der Waals surface area contributed by atoms with Gasteiger partial charge in [0.15, 0.2) is 0 Å². The number of β-amino-alcohol motifs (C(OH)–C–C–N with tert-alkyl or cyclic N) is 1. The van der Waals surface area contributed by atoms with Gasteiger partial charge in [0.05, 0.1) is 13.7 Å². The lowest BCUT2D eigenvalue weighted by Crippen LogP contribution is -2.61. The van der Waals surface area contributed by atoms with E-state index >= 15 is 0 Å². The molecule has 1 N–H and O–H groups in total. The van der Waals surface area contributed by atoms with Crippen molar-refractivity contribution >= 4 is 11.8 Å². The molecule has 3 heterocycles. The molecule has 0 bridgehead atoms. The monoisotopic (exact) mass is 384 g/mol. The van der Waals surface area contributed by atoms with Crippen molar-refractivity contribution in [3.63, 3.8) is 0 Å². The summed E-state index contributed by atoms with van der Waals surface area (Å²) in [7, 11) is 1.70. The minimum absolute atomic E-state index is 0.0287. The number of amides is 2. The van der Waals surface area contributed by atoms with Crippen molar-refractivity contribution in [2.75, 3.05) is 26.2 Å². The second-order valence-electron chi connectivity index (χ2n) is 7.39. The average molecular weight is 384 g/mol. The number of rotatable bonds is 4. The molecule has 2 amide bonds. The summed E-state index contributed by atoms with van der Waals surface area (Å²) in [5, 5.41) is 21.2. The smallest absolute Gasteiger partial charge is 0.254 e. The van der Waals surface area contributed by atoms with Crippen LogP contribution >= 0.6 is 0 Å². The number of likely N-dealkylation sites (tertiary alicyclic amines) is 2. The first kappa shape index (κ1) is 18.5. The van der Waals surface area contributed by atoms with Crippen LogP contribution in [0.15, 0.2) is 24.3 Å². The Hall–Kier alpha value is -2.81. The summed E-state index contributed by atoms with van der Waals surface area (Å²) < 4.78 is 0. The van der Waals surface area contributed by atoms with E-state index in [1.807, 2.05) is 0 Å². The van der Waals surface area contributed by atoms with Crippen molar-refractivity contribution in [1.29, 1.82) is 0 Å². The van der Waals surface area contributed by atoms with Crippen LogP contribution in [0.5, 0.6) is 0 Å². The van der Waals surface area contributed by atoms with Gasteiger partial charge in [0.2, 0.25) is 11.7 Å². The highest BCUT2D eigenvalue weighted by molar-refractivity contribution is 6.00. The van der Waals surface area contributed by atoms with Crippen LogP contribution in [0, 0.1) is 0 Å². The summed E-state index contributed by atoms with van der Waals surface area (Å²) in [4.78, 5) is 31.2. The van der Waals surface area contributed by atoms with Gasteiger partial charge in [-0.3, -0.25) is 9.59 Å². The number of aliphatic hydroxyl groups excluding tert-OH is 1. The van der Waals surface area contributed by atoms with Crippen molar-refractivity contribution < 1.29 is 14.7 Å². The van der Waals surface area contributed by atoms with Gasteiger partial charge in [0, 0.05) is 30.8 Å². The quantitative estimate of drug-likeness (QED) is 0.822. The van der Waals surface area contributed by atoms with Crippen LogP contribution in [-0.2, 0) is 11.8 Å². The minimum atomic E-state index is -0.768. The molecular formula is C19H24N6O3. The summed E-state index contributed by atoms with van der Waals surface area (Å²) in [6.07, 6.45) is 3.01. The Kier molecular flexibility index (Phi) is 4.84. The molecule has 9 nitrogen and oxygen atoms in total. The van der Waals surface area contributed by atoms with Crippen molar-refractivity contribution in [3.05, 3.63) is 29.8 Å².